The van der Waals surface area contributed by atoms with Gasteiger partial charge in [0.25, 0.3) is 5.91 Å². The molecule has 0 radical (unpaired) electrons. The zero-order valence-corrected chi connectivity index (χ0v) is 15.1. The molecule has 27 heavy (non-hydrogen) atoms. The summed E-state index contributed by atoms with van der Waals surface area (Å²) in [5, 5.41) is 5.10. The number of nitrogens with zero attached hydrogens (tertiary/aromatic N) is 1. The van der Waals surface area contributed by atoms with E-state index in [0.29, 0.717) is 39.8 Å². The summed E-state index contributed by atoms with van der Waals surface area (Å²) < 4.78 is 10.5. The Kier molecular flexibility index (Phi) is 4.47. The number of thiazole rings is 1. The first kappa shape index (κ1) is 17.0. The highest BCUT2D eigenvalue weighted by Gasteiger charge is 2.12. The van der Waals surface area contributed by atoms with Gasteiger partial charge in [0.2, 0.25) is 0 Å². The number of ether oxygens (including phenoxy) is 1. The van der Waals surface area contributed by atoms with Gasteiger partial charge >= 0.3 is 5.76 Å². The zero-order chi connectivity index (χ0) is 18.8. The number of H-pyrrole nitrogens is 1. The first-order valence-electron chi connectivity index (χ1n) is 8.25. The molecule has 0 atom stereocenters. The molecule has 4 aromatic rings. The van der Waals surface area contributed by atoms with E-state index in [9.17, 15) is 9.59 Å². The lowest BCUT2D eigenvalue weighted by Crippen LogP contribution is -2.11. The van der Waals surface area contributed by atoms with Crippen LogP contribution in [0.4, 0.5) is 5.13 Å². The van der Waals surface area contributed by atoms with Crippen molar-refractivity contribution in [2.75, 3.05) is 11.9 Å². The molecule has 0 aliphatic carbocycles. The predicted molar refractivity (Wildman–Crippen MR) is 104 cm³/mol. The summed E-state index contributed by atoms with van der Waals surface area (Å²) in [5.74, 6) is -0.113. The Morgan fingerprint density at radius 3 is 3.04 bits per heavy atom. The molecule has 2 N–H and O–H groups in total. The maximum Gasteiger partial charge on any atom is 0.417 e. The minimum Gasteiger partial charge on any atom is -0.494 e. The Balaban J connectivity index is 1.54. The van der Waals surface area contributed by atoms with Crippen molar-refractivity contribution in [1.29, 1.82) is 0 Å². The molecule has 0 spiro atoms. The van der Waals surface area contributed by atoms with E-state index >= 15 is 0 Å². The normalized spacial score (nSPS) is 10.9. The van der Waals surface area contributed by atoms with Crippen LogP contribution in [0.2, 0.25) is 0 Å². The first-order chi connectivity index (χ1) is 13.1. The maximum atomic E-state index is 12.4. The van der Waals surface area contributed by atoms with Gasteiger partial charge in [-0.2, -0.15) is 0 Å². The molecule has 0 aliphatic rings. The predicted octanol–water partition coefficient (Wildman–Crippen LogP) is 3.90. The largest absolute Gasteiger partial charge is 0.494 e. The summed E-state index contributed by atoms with van der Waals surface area (Å²) in [7, 11) is 0. The number of hydrogen-bond donors (Lipinski definition) is 2. The third-order valence-electron chi connectivity index (χ3n) is 3.85. The van der Waals surface area contributed by atoms with E-state index in [0.717, 1.165) is 5.56 Å². The van der Waals surface area contributed by atoms with E-state index in [2.05, 4.69) is 15.3 Å². The molecule has 0 fully saturated rings. The maximum absolute atomic E-state index is 12.4. The smallest absolute Gasteiger partial charge is 0.417 e. The van der Waals surface area contributed by atoms with E-state index in [-0.39, 0.29) is 5.91 Å². The molecule has 0 saturated heterocycles. The number of amides is 1. The average Bonchev–Trinajstić information content (AvgIpc) is 3.27. The molecule has 0 bridgehead atoms. The van der Waals surface area contributed by atoms with Crippen LogP contribution >= 0.6 is 11.3 Å². The van der Waals surface area contributed by atoms with Crippen LogP contribution < -0.4 is 15.8 Å². The lowest BCUT2D eigenvalue weighted by Gasteiger charge is -2.05. The van der Waals surface area contributed by atoms with E-state index in [1.54, 1.807) is 36.4 Å². The molecular weight excluding hydrogens is 366 g/mol. The lowest BCUT2D eigenvalue weighted by molar-refractivity contribution is 0.102. The van der Waals surface area contributed by atoms with Crippen LogP contribution in [0.15, 0.2) is 57.1 Å². The number of carbonyl (C=O) groups excluding carboxylic acids is 1. The first-order valence-corrected chi connectivity index (χ1v) is 9.13. The number of anilines is 1. The molecule has 0 unspecified atom stereocenters. The van der Waals surface area contributed by atoms with E-state index in [1.165, 1.54) is 11.3 Å². The van der Waals surface area contributed by atoms with E-state index in [1.807, 2.05) is 18.4 Å². The van der Waals surface area contributed by atoms with Crippen molar-refractivity contribution in [3.05, 3.63) is 64.0 Å². The van der Waals surface area contributed by atoms with Gasteiger partial charge < -0.3 is 9.15 Å². The fourth-order valence-electron chi connectivity index (χ4n) is 2.63. The summed E-state index contributed by atoms with van der Waals surface area (Å²) in [6.45, 7) is 2.42. The van der Waals surface area contributed by atoms with Crippen molar-refractivity contribution in [1.82, 2.24) is 9.97 Å². The zero-order valence-electron chi connectivity index (χ0n) is 14.3. The van der Waals surface area contributed by atoms with Crippen molar-refractivity contribution in [3.8, 4) is 17.0 Å². The molecule has 0 saturated carbocycles. The van der Waals surface area contributed by atoms with Crippen LogP contribution in [-0.2, 0) is 0 Å². The van der Waals surface area contributed by atoms with Gasteiger partial charge in [-0.25, -0.2) is 9.78 Å². The van der Waals surface area contributed by atoms with Crippen molar-refractivity contribution in [2.45, 2.75) is 6.92 Å². The van der Waals surface area contributed by atoms with Gasteiger partial charge in [-0.05, 0) is 37.3 Å². The second kappa shape index (κ2) is 7.08. The van der Waals surface area contributed by atoms with Gasteiger partial charge in [0.15, 0.2) is 10.7 Å². The van der Waals surface area contributed by atoms with Gasteiger partial charge in [0, 0.05) is 16.5 Å². The molecule has 7 nitrogen and oxygen atoms in total. The third kappa shape index (κ3) is 3.61. The highest BCUT2D eigenvalue weighted by molar-refractivity contribution is 7.14. The fraction of sp³-hybridized carbons (Fsp3) is 0.105. The monoisotopic (exact) mass is 381 g/mol. The Labute approximate surface area is 157 Å². The summed E-state index contributed by atoms with van der Waals surface area (Å²) in [5.41, 5.74) is 3.06. The molecular formula is C19H15N3O4S. The topological polar surface area (TPSA) is 97.2 Å². The minimum atomic E-state index is -0.498. The fourth-order valence-corrected chi connectivity index (χ4v) is 3.35. The van der Waals surface area contributed by atoms with Gasteiger partial charge in [-0.3, -0.25) is 15.1 Å². The number of carbonyl (C=O) groups is 1. The molecule has 2 aromatic carbocycles. The van der Waals surface area contributed by atoms with Gasteiger partial charge in [0.05, 0.1) is 17.8 Å². The highest BCUT2D eigenvalue weighted by atomic mass is 32.1. The number of oxazole rings is 1. The third-order valence-corrected chi connectivity index (χ3v) is 4.61. The van der Waals surface area contributed by atoms with Crippen molar-refractivity contribution >= 4 is 33.5 Å². The summed E-state index contributed by atoms with van der Waals surface area (Å²) in [6.07, 6.45) is 0. The standard InChI is InChI=1S/C19H15N3O4S/c1-2-25-13-5-3-4-12(8-13)17(23)22-18-20-15(10-27-18)11-6-7-14-16(9-11)26-19(24)21-14/h3-10H,2H2,1H3,(H,21,24)(H,20,22,23). The number of hydrogen-bond acceptors (Lipinski definition) is 6. The summed E-state index contributed by atoms with van der Waals surface area (Å²) in [6, 6.07) is 12.3. The van der Waals surface area contributed by atoms with Crippen LogP contribution in [0.5, 0.6) is 5.75 Å². The Morgan fingerprint density at radius 2 is 2.19 bits per heavy atom. The second-order valence-corrected chi connectivity index (χ2v) is 6.54. The van der Waals surface area contributed by atoms with Crippen molar-refractivity contribution in [3.63, 3.8) is 0 Å². The molecule has 4 rings (SSSR count). The van der Waals surface area contributed by atoms with Crippen molar-refractivity contribution < 1.29 is 13.9 Å². The van der Waals surface area contributed by atoms with Crippen LogP contribution in [0, 0.1) is 0 Å². The quantitative estimate of drug-likeness (QED) is 0.546. The lowest BCUT2D eigenvalue weighted by atomic mass is 10.1. The Hall–Kier alpha value is -3.39. The van der Waals surface area contributed by atoms with Crippen LogP contribution in [0.3, 0.4) is 0 Å². The van der Waals surface area contributed by atoms with Gasteiger partial charge in [0.1, 0.15) is 5.75 Å². The Bertz CT molecular complexity index is 1170. The van der Waals surface area contributed by atoms with Gasteiger partial charge in [-0.15, -0.1) is 11.3 Å². The molecule has 136 valence electrons. The number of aromatic nitrogens is 2. The van der Waals surface area contributed by atoms with E-state index in [4.69, 9.17) is 9.15 Å². The second-order valence-electron chi connectivity index (χ2n) is 5.68. The Morgan fingerprint density at radius 1 is 1.30 bits per heavy atom. The molecule has 0 aliphatic heterocycles. The molecule has 2 aromatic heterocycles. The minimum absolute atomic E-state index is 0.260. The summed E-state index contributed by atoms with van der Waals surface area (Å²) >= 11 is 1.32. The molecule has 8 heteroatoms. The SMILES string of the molecule is CCOc1cccc(C(=O)Nc2nc(-c3ccc4[nH]c(=O)oc4c3)cs2)c1. The number of rotatable bonds is 5. The number of nitrogens with one attached hydrogen (secondary N) is 2. The van der Waals surface area contributed by atoms with E-state index < -0.39 is 5.76 Å². The molecule has 2 heterocycles. The van der Waals surface area contributed by atoms with Crippen LogP contribution in [0.1, 0.15) is 17.3 Å². The van der Waals surface area contributed by atoms with Crippen LogP contribution in [0.25, 0.3) is 22.4 Å². The molecule has 1 amide bonds. The highest BCUT2D eigenvalue weighted by Crippen LogP contribution is 2.27. The van der Waals surface area contributed by atoms with Crippen molar-refractivity contribution in [2.24, 2.45) is 0 Å². The number of aromatic amines is 1. The summed E-state index contributed by atoms with van der Waals surface area (Å²) in [4.78, 5) is 30.7. The number of fused-ring (bicyclic) bond motifs is 1. The van der Waals surface area contributed by atoms with Gasteiger partial charge in [-0.1, -0.05) is 12.1 Å². The van der Waals surface area contributed by atoms with Crippen LogP contribution in [-0.4, -0.2) is 22.5 Å². The average molecular weight is 381 g/mol. The number of benzene rings is 2.